The number of aliphatic imine (C=N–C) groups is 1. The van der Waals surface area contributed by atoms with Gasteiger partial charge in [-0.2, -0.15) is 0 Å². The van der Waals surface area contributed by atoms with Crippen LogP contribution in [0.1, 0.15) is 43.3 Å². The fraction of sp³-hybridized carbons (Fsp3) is 0.450. The number of furan rings is 1. The molecule has 1 aliphatic rings. The largest absolute Gasteiger partial charge is 0.463 e. The van der Waals surface area contributed by atoms with Crippen molar-refractivity contribution < 1.29 is 18.3 Å². The summed E-state index contributed by atoms with van der Waals surface area (Å²) < 4.78 is 33.4. The molecule has 3 N–H and O–H groups in total. The Bertz CT molecular complexity index is 812. The average molecular weight is 377 g/mol. The van der Waals surface area contributed by atoms with Crippen molar-refractivity contribution in [2.45, 2.75) is 44.8 Å². The summed E-state index contributed by atoms with van der Waals surface area (Å²) in [5.41, 5.74) is -1.14. The summed E-state index contributed by atoms with van der Waals surface area (Å²) >= 11 is 0. The van der Waals surface area contributed by atoms with Crippen LogP contribution < -0.4 is 10.6 Å². The van der Waals surface area contributed by atoms with Gasteiger partial charge in [0.25, 0.3) is 0 Å². The fourth-order valence-electron chi connectivity index (χ4n) is 3.07. The van der Waals surface area contributed by atoms with Crippen LogP contribution in [0.5, 0.6) is 0 Å². The Labute approximate surface area is 157 Å². The van der Waals surface area contributed by atoms with E-state index in [0.29, 0.717) is 30.4 Å². The molecule has 3 unspecified atom stereocenters. The summed E-state index contributed by atoms with van der Waals surface area (Å²) in [6, 6.07) is 7.32. The van der Waals surface area contributed by atoms with Gasteiger partial charge >= 0.3 is 0 Å². The average Bonchev–Trinajstić information content (AvgIpc) is 3.19. The van der Waals surface area contributed by atoms with Crippen LogP contribution in [0.2, 0.25) is 0 Å². The minimum absolute atomic E-state index is 0.0841. The van der Waals surface area contributed by atoms with Gasteiger partial charge in [0.1, 0.15) is 28.8 Å². The lowest BCUT2D eigenvalue weighted by Gasteiger charge is -2.20. The lowest BCUT2D eigenvalue weighted by atomic mass is 10.0. The topological polar surface area (TPSA) is 69.8 Å². The maximum Gasteiger partial charge on any atom is 0.191 e. The molecule has 0 bridgehead atoms. The zero-order valence-corrected chi connectivity index (χ0v) is 15.7. The number of halogens is 2. The standard InChI is InChI=1S/C20H25F2N3O2/c1-4-23-19(24-11-20(3,26)17-9-8-12(2)27-17)25-16-10-13(16)18-14(21)6-5-7-15(18)22/h5-9,13,16,26H,4,10-11H2,1-3H3,(H2,23,24,25). The van der Waals surface area contributed by atoms with Crippen molar-refractivity contribution in [3.05, 3.63) is 59.1 Å². The van der Waals surface area contributed by atoms with Crippen LogP contribution in [-0.4, -0.2) is 30.2 Å². The van der Waals surface area contributed by atoms with E-state index in [1.54, 1.807) is 19.1 Å². The van der Waals surface area contributed by atoms with Crippen molar-refractivity contribution in [3.8, 4) is 0 Å². The quantitative estimate of drug-likeness (QED) is 0.534. The molecular formula is C20H25F2N3O2. The molecular weight excluding hydrogens is 352 g/mol. The van der Waals surface area contributed by atoms with Crippen molar-refractivity contribution in [2.24, 2.45) is 4.99 Å². The number of benzene rings is 1. The van der Waals surface area contributed by atoms with Crippen LogP contribution in [0.3, 0.4) is 0 Å². The highest BCUT2D eigenvalue weighted by molar-refractivity contribution is 5.80. The van der Waals surface area contributed by atoms with Gasteiger partial charge in [-0.1, -0.05) is 6.07 Å². The lowest BCUT2D eigenvalue weighted by Crippen LogP contribution is -2.40. The normalized spacial score (nSPS) is 21.6. The van der Waals surface area contributed by atoms with Gasteiger partial charge in [-0.25, -0.2) is 13.8 Å². The fourth-order valence-corrected chi connectivity index (χ4v) is 3.07. The summed E-state index contributed by atoms with van der Waals surface area (Å²) in [5, 5.41) is 16.9. The van der Waals surface area contributed by atoms with Gasteiger partial charge in [-0.3, -0.25) is 0 Å². The van der Waals surface area contributed by atoms with Crippen molar-refractivity contribution in [1.29, 1.82) is 0 Å². The number of rotatable bonds is 6. The molecule has 1 heterocycles. The van der Waals surface area contributed by atoms with Crippen molar-refractivity contribution in [1.82, 2.24) is 10.6 Å². The molecule has 3 rings (SSSR count). The van der Waals surface area contributed by atoms with E-state index >= 15 is 0 Å². The third-order valence-electron chi connectivity index (χ3n) is 4.64. The Morgan fingerprint density at radius 1 is 1.30 bits per heavy atom. The number of nitrogens with one attached hydrogen (secondary N) is 2. The Morgan fingerprint density at radius 2 is 2.00 bits per heavy atom. The number of aryl methyl sites for hydroxylation is 1. The van der Waals surface area contributed by atoms with Gasteiger partial charge in [-0.15, -0.1) is 0 Å². The SMILES string of the molecule is CCNC(=NCC(C)(O)c1ccc(C)o1)NC1CC1c1c(F)cccc1F. The van der Waals surface area contributed by atoms with E-state index in [1.165, 1.54) is 18.2 Å². The molecule has 0 aliphatic heterocycles. The van der Waals surface area contributed by atoms with Gasteiger partial charge in [0, 0.05) is 24.1 Å². The Hall–Kier alpha value is -2.41. The third kappa shape index (κ3) is 4.47. The van der Waals surface area contributed by atoms with Crippen molar-refractivity contribution >= 4 is 5.96 Å². The predicted octanol–water partition coefficient (Wildman–Crippen LogP) is 3.18. The van der Waals surface area contributed by atoms with E-state index in [4.69, 9.17) is 4.42 Å². The second kappa shape index (κ2) is 7.68. The Kier molecular flexibility index (Phi) is 5.51. The highest BCUT2D eigenvalue weighted by Crippen LogP contribution is 2.43. The zero-order chi connectivity index (χ0) is 19.6. The number of nitrogens with zero attached hydrogens (tertiary/aromatic N) is 1. The second-order valence-corrected chi connectivity index (χ2v) is 7.11. The lowest BCUT2D eigenvalue weighted by molar-refractivity contribution is 0.0428. The highest BCUT2D eigenvalue weighted by atomic mass is 19.1. The van der Waals surface area contributed by atoms with Gasteiger partial charge in [-0.05, 0) is 51.5 Å². The number of hydrogen-bond donors (Lipinski definition) is 3. The molecule has 1 saturated carbocycles. The Balaban J connectivity index is 1.67. The van der Waals surface area contributed by atoms with E-state index in [-0.39, 0.29) is 24.1 Å². The molecule has 1 aromatic heterocycles. The number of guanidine groups is 1. The number of hydrogen-bond acceptors (Lipinski definition) is 3. The van der Waals surface area contributed by atoms with Gasteiger partial charge in [0.05, 0.1) is 6.54 Å². The molecule has 0 radical (unpaired) electrons. The first kappa shape index (κ1) is 19.4. The first-order valence-electron chi connectivity index (χ1n) is 9.10. The minimum Gasteiger partial charge on any atom is -0.463 e. The first-order valence-corrected chi connectivity index (χ1v) is 9.10. The van der Waals surface area contributed by atoms with Crippen molar-refractivity contribution in [3.63, 3.8) is 0 Å². The van der Waals surface area contributed by atoms with Gasteiger partial charge in [0.15, 0.2) is 5.96 Å². The van der Waals surface area contributed by atoms with E-state index in [2.05, 4.69) is 15.6 Å². The minimum atomic E-state index is -1.25. The molecule has 27 heavy (non-hydrogen) atoms. The van der Waals surface area contributed by atoms with Crippen LogP contribution in [0.25, 0.3) is 0 Å². The van der Waals surface area contributed by atoms with E-state index in [9.17, 15) is 13.9 Å². The molecule has 2 aromatic rings. The molecule has 7 heteroatoms. The first-order chi connectivity index (χ1) is 12.8. The van der Waals surface area contributed by atoms with Crippen LogP contribution >= 0.6 is 0 Å². The summed E-state index contributed by atoms with van der Waals surface area (Å²) in [6.45, 7) is 6.07. The monoisotopic (exact) mass is 377 g/mol. The molecule has 1 fully saturated rings. The second-order valence-electron chi connectivity index (χ2n) is 7.11. The molecule has 1 aliphatic carbocycles. The maximum atomic E-state index is 13.9. The number of aliphatic hydroxyl groups is 1. The zero-order valence-electron chi connectivity index (χ0n) is 15.7. The van der Waals surface area contributed by atoms with Gasteiger partial charge in [0.2, 0.25) is 0 Å². The molecule has 146 valence electrons. The third-order valence-corrected chi connectivity index (χ3v) is 4.64. The van der Waals surface area contributed by atoms with E-state index in [0.717, 1.165) is 0 Å². The van der Waals surface area contributed by atoms with Crippen LogP contribution in [0.4, 0.5) is 8.78 Å². The molecule has 1 aromatic carbocycles. The van der Waals surface area contributed by atoms with Crippen LogP contribution in [-0.2, 0) is 5.60 Å². The molecule has 0 amide bonds. The van der Waals surface area contributed by atoms with E-state index < -0.39 is 17.2 Å². The summed E-state index contributed by atoms with van der Waals surface area (Å²) in [6.07, 6.45) is 0.621. The van der Waals surface area contributed by atoms with E-state index in [1.807, 2.05) is 13.8 Å². The highest BCUT2D eigenvalue weighted by Gasteiger charge is 2.42. The van der Waals surface area contributed by atoms with Gasteiger partial charge < -0.3 is 20.2 Å². The summed E-state index contributed by atoms with van der Waals surface area (Å²) in [5.74, 6) is 0.364. The Morgan fingerprint density at radius 3 is 2.59 bits per heavy atom. The smallest absolute Gasteiger partial charge is 0.191 e. The molecule has 0 saturated heterocycles. The molecule has 3 atom stereocenters. The predicted molar refractivity (Wildman–Crippen MR) is 99.6 cm³/mol. The van der Waals surface area contributed by atoms with Crippen LogP contribution in [0.15, 0.2) is 39.7 Å². The molecule has 5 nitrogen and oxygen atoms in total. The maximum absolute atomic E-state index is 13.9. The summed E-state index contributed by atoms with van der Waals surface area (Å²) in [4.78, 5) is 4.42. The van der Waals surface area contributed by atoms with Crippen LogP contribution in [0, 0.1) is 18.6 Å². The summed E-state index contributed by atoms with van der Waals surface area (Å²) in [7, 11) is 0. The van der Waals surface area contributed by atoms with Crippen molar-refractivity contribution in [2.75, 3.05) is 13.1 Å². The molecule has 0 spiro atoms.